The molecule has 3 aliphatic rings. The lowest BCUT2D eigenvalue weighted by atomic mass is 9.86. The Balaban J connectivity index is 1.61. The lowest BCUT2D eigenvalue weighted by molar-refractivity contribution is -0.164. The largest absolute Gasteiger partial charge is 0.386 e. The maximum absolute atomic E-state index is 12.1. The first-order chi connectivity index (χ1) is 7.54. The third-order valence-electron chi connectivity index (χ3n) is 4.03. The molecule has 16 heavy (non-hydrogen) atoms. The minimum atomic E-state index is -0.842. The van der Waals surface area contributed by atoms with E-state index in [1.807, 2.05) is 0 Å². The van der Waals surface area contributed by atoms with E-state index in [0.29, 0.717) is 38.6 Å². The number of ether oxygens (including phenoxy) is 1. The average molecular weight is 226 g/mol. The van der Waals surface area contributed by atoms with Crippen molar-refractivity contribution in [1.82, 2.24) is 4.90 Å². The highest BCUT2D eigenvalue weighted by Crippen LogP contribution is 2.45. The second-order valence-electron chi connectivity index (χ2n) is 5.50. The quantitative estimate of drug-likeness (QED) is 0.639. The van der Waals surface area contributed by atoms with Crippen molar-refractivity contribution in [3.63, 3.8) is 0 Å². The summed E-state index contributed by atoms with van der Waals surface area (Å²) in [5.41, 5.74) is 4.53. The molecule has 0 spiro atoms. The summed E-state index contributed by atoms with van der Waals surface area (Å²) in [6, 6.07) is 0. The van der Waals surface area contributed by atoms with Crippen LogP contribution in [0.1, 0.15) is 19.3 Å². The first kappa shape index (κ1) is 10.5. The molecular formula is C11H18N2O3. The summed E-state index contributed by atoms with van der Waals surface area (Å²) in [5, 5.41) is 10.1. The number of β-amino-alcohol motifs (C(OH)–C–C–N with tert-alkyl or cyclic N) is 1. The second kappa shape index (κ2) is 3.18. The molecule has 1 amide bonds. The van der Waals surface area contributed by atoms with E-state index >= 15 is 0 Å². The molecule has 2 aliphatic heterocycles. The van der Waals surface area contributed by atoms with Gasteiger partial charge in [-0.05, 0) is 25.2 Å². The highest BCUT2D eigenvalue weighted by atomic mass is 16.5. The number of hydrogen-bond donors (Lipinski definition) is 2. The van der Waals surface area contributed by atoms with Crippen LogP contribution in [0, 0.1) is 5.92 Å². The number of carbonyl (C=O) groups is 1. The zero-order valence-corrected chi connectivity index (χ0v) is 9.32. The molecule has 5 heteroatoms. The van der Waals surface area contributed by atoms with Crippen LogP contribution in [0.5, 0.6) is 0 Å². The molecule has 3 rings (SSSR count). The lowest BCUT2D eigenvalue weighted by Crippen LogP contribution is -2.70. The predicted octanol–water partition coefficient (Wildman–Crippen LogP) is -0.912. The van der Waals surface area contributed by atoms with Crippen LogP contribution >= 0.6 is 0 Å². The molecule has 1 aliphatic carbocycles. The van der Waals surface area contributed by atoms with Crippen molar-refractivity contribution in [3.05, 3.63) is 0 Å². The molecule has 3 N–H and O–H groups in total. The van der Waals surface area contributed by atoms with Gasteiger partial charge in [0.15, 0.2) is 0 Å². The van der Waals surface area contributed by atoms with E-state index in [-0.39, 0.29) is 5.91 Å². The third kappa shape index (κ3) is 1.46. The van der Waals surface area contributed by atoms with Crippen molar-refractivity contribution in [2.24, 2.45) is 11.7 Å². The first-order valence-corrected chi connectivity index (χ1v) is 5.92. The normalized spacial score (nSPS) is 37.2. The third-order valence-corrected chi connectivity index (χ3v) is 4.03. The van der Waals surface area contributed by atoms with Crippen LogP contribution in [-0.2, 0) is 9.53 Å². The maximum atomic E-state index is 12.1. The van der Waals surface area contributed by atoms with E-state index in [1.54, 1.807) is 4.90 Å². The Morgan fingerprint density at radius 2 is 2.12 bits per heavy atom. The molecule has 1 saturated carbocycles. The van der Waals surface area contributed by atoms with Crippen LogP contribution < -0.4 is 5.73 Å². The fourth-order valence-electron chi connectivity index (χ4n) is 2.70. The van der Waals surface area contributed by atoms with Crippen molar-refractivity contribution < 1.29 is 14.6 Å². The van der Waals surface area contributed by atoms with Gasteiger partial charge in [0, 0.05) is 6.61 Å². The molecule has 90 valence electrons. The molecule has 2 heterocycles. The van der Waals surface area contributed by atoms with E-state index in [9.17, 15) is 9.90 Å². The highest BCUT2D eigenvalue weighted by molar-refractivity contribution is 5.87. The van der Waals surface area contributed by atoms with Gasteiger partial charge >= 0.3 is 0 Å². The van der Waals surface area contributed by atoms with E-state index in [1.165, 1.54) is 0 Å². The standard InChI is InChI=1S/C11H18N2O3/c12-10(3-4-16-7-10)9(14)13-5-11(15,6-13)8-1-2-8/h8,15H,1-7,12H2. The summed E-state index contributed by atoms with van der Waals surface area (Å²) >= 11 is 0. The molecule has 0 aromatic heterocycles. The van der Waals surface area contributed by atoms with Crippen molar-refractivity contribution in [3.8, 4) is 0 Å². The van der Waals surface area contributed by atoms with Gasteiger partial charge in [-0.1, -0.05) is 0 Å². The molecule has 0 aromatic carbocycles. The number of hydrogen-bond acceptors (Lipinski definition) is 4. The summed E-state index contributed by atoms with van der Waals surface area (Å²) in [7, 11) is 0. The van der Waals surface area contributed by atoms with Gasteiger partial charge in [0.2, 0.25) is 5.91 Å². The van der Waals surface area contributed by atoms with Crippen molar-refractivity contribution in [2.75, 3.05) is 26.3 Å². The fraction of sp³-hybridized carbons (Fsp3) is 0.909. The Bertz CT molecular complexity index is 315. The Morgan fingerprint density at radius 3 is 2.62 bits per heavy atom. The topological polar surface area (TPSA) is 75.8 Å². The van der Waals surface area contributed by atoms with Gasteiger partial charge in [-0.3, -0.25) is 4.79 Å². The minimum Gasteiger partial charge on any atom is -0.386 e. The Morgan fingerprint density at radius 1 is 1.44 bits per heavy atom. The second-order valence-corrected chi connectivity index (χ2v) is 5.50. The van der Waals surface area contributed by atoms with Crippen LogP contribution in [0.4, 0.5) is 0 Å². The number of aliphatic hydroxyl groups is 1. The Kier molecular flexibility index (Phi) is 2.09. The zero-order valence-electron chi connectivity index (χ0n) is 9.32. The number of amides is 1. The molecule has 1 atom stereocenters. The van der Waals surface area contributed by atoms with Gasteiger partial charge in [0.1, 0.15) is 11.1 Å². The van der Waals surface area contributed by atoms with Crippen molar-refractivity contribution in [1.29, 1.82) is 0 Å². The van der Waals surface area contributed by atoms with Crippen molar-refractivity contribution >= 4 is 5.91 Å². The average Bonchev–Trinajstić information content (AvgIpc) is 2.97. The summed E-state index contributed by atoms with van der Waals surface area (Å²) in [4.78, 5) is 13.8. The van der Waals surface area contributed by atoms with Crippen LogP contribution in [0.25, 0.3) is 0 Å². The smallest absolute Gasteiger partial charge is 0.245 e. The number of carbonyl (C=O) groups excluding carboxylic acids is 1. The SMILES string of the molecule is NC1(C(=O)N2CC(O)(C3CC3)C2)CCOC1. The van der Waals surface area contributed by atoms with Gasteiger partial charge in [-0.15, -0.1) is 0 Å². The molecular weight excluding hydrogens is 208 g/mol. The molecule has 5 nitrogen and oxygen atoms in total. The number of rotatable bonds is 2. The monoisotopic (exact) mass is 226 g/mol. The number of nitrogens with zero attached hydrogens (tertiary/aromatic N) is 1. The van der Waals surface area contributed by atoms with Crippen LogP contribution in [0.2, 0.25) is 0 Å². The number of likely N-dealkylation sites (tertiary alicyclic amines) is 1. The summed E-state index contributed by atoms with van der Waals surface area (Å²) in [5.74, 6) is 0.348. The molecule has 0 bridgehead atoms. The summed E-state index contributed by atoms with van der Waals surface area (Å²) in [6.07, 6.45) is 2.77. The molecule has 0 radical (unpaired) electrons. The number of nitrogens with two attached hydrogens (primary N) is 1. The zero-order chi connectivity index (χ0) is 11.4. The van der Waals surface area contributed by atoms with E-state index < -0.39 is 11.1 Å². The molecule has 2 saturated heterocycles. The maximum Gasteiger partial charge on any atom is 0.245 e. The Labute approximate surface area is 94.5 Å². The van der Waals surface area contributed by atoms with Gasteiger partial charge in [-0.25, -0.2) is 0 Å². The van der Waals surface area contributed by atoms with Gasteiger partial charge in [-0.2, -0.15) is 0 Å². The van der Waals surface area contributed by atoms with Crippen LogP contribution in [0.3, 0.4) is 0 Å². The van der Waals surface area contributed by atoms with Crippen LogP contribution in [-0.4, -0.2) is 53.4 Å². The lowest BCUT2D eigenvalue weighted by Gasteiger charge is -2.49. The Hall–Kier alpha value is -0.650. The highest BCUT2D eigenvalue weighted by Gasteiger charge is 2.55. The molecule has 3 fully saturated rings. The van der Waals surface area contributed by atoms with E-state index in [4.69, 9.17) is 10.5 Å². The summed E-state index contributed by atoms with van der Waals surface area (Å²) in [6.45, 7) is 1.78. The fourth-order valence-corrected chi connectivity index (χ4v) is 2.70. The predicted molar refractivity (Wildman–Crippen MR) is 56.6 cm³/mol. The molecule has 1 unspecified atom stereocenters. The van der Waals surface area contributed by atoms with Gasteiger partial charge in [0.25, 0.3) is 0 Å². The van der Waals surface area contributed by atoms with Gasteiger partial charge < -0.3 is 20.5 Å². The van der Waals surface area contributed by atoms with Crippen LogP contribution in [0.15, 0.2) is 0 Å². The van der Waals surface area contributed by atoms with Crippen molar-refractivity contribution in [2.45, 2.75) is 30.4 Å². The first-order valence-electron chi connectivity index (χ1n) is 5.92. The molecule has 0 aromatic rings. The van der Waals surface area contributed by atoms with E-state index in [2.05, 4.69) is 0 Å². The van der Waals surface area contributed by atoms with E-state index in [0.717, 1.165) is 12.8 Å². The minimum absolute atomic E-state index is 0.0599. The van der Waals surface area contributed by atoms with Gasteiger partial charge in [0.05, 0.1) is 19.7 Å². The summed E-state index contributed by atoms with van der Waals surface area (Å²) < 4.78 is 5.18.